The summed E-state index contributed by atoms with van der Waals surface area (Å²) in [6.07, 6.45) is 0.133. The van der Waals surface area contributed by atoms with Gasteiger partial charge in [-0.1, -0.05) is 17.7 Å². The van der Waals surface area contributed by atoms with E-state index in [4.69, 9.17) is 21.1 Å². The monoisotopic (exact) mass is 284 g/mol. The zero-order valence-electron chi connectivity index (χ0n) is 11.6. The molecule has 19 heavy (non-hydrogen) atoms. The summed E-state index contributed by atoms with van der Waals surface area (Å²) >= 11 is 6.22. The number of nitrogens with one attached hydrogen (secondary N) is 1. The van der Waals surface area contributed by atoms with Crippen molar-refractivity contribution < 1.29 is 9.47 Å². The highest BCUT2D eigenvalue weighted by Crippen LogP contribution is 2.33. The van der Waals surface area contributed by atoms with E-state index in [1.165, 1.54) is 0 Å². The van der Waals surface area contributed by atoms with Crippen LogP contribution in [0.25, 0.3) is 0 Å². The van der Waals surface area contributed by atoms with E-state index in [-0.39, 0.29) is 12.1 Å². The van der Waals surface area contributed by atoms with Crippen molar-refractivity contribution in [2.24, 2.45) is 0 Å². The molecule has 2 rings (SSSR count). The van der Waals surface area contributed by atoms with Crippen LogP contribution in [0.2, 0.25) is 5.02 Å². The van der Waals surface area contributed by atoms with Crippen LogP contribution in [-0.4, -0.2) is 51.9 Å². The normalized spacial score (nSPS) is 24.4. The van der Waals surface area contributed by atoms with Gasteiger partial charge in [0.1, 0.15) is 5.75 Å². The summed E-state index contributed by atoms with van der Waals surface area (Å²) in [5, 5.41) is 3.83. The molecule has 0 aliphatic carbocycles. The first-order valence-corrected chi connectivity index (χ1v) is 6.85. The Morgan fingerprint density at radius 3 is 2.95 bits per heavy atom. The fraction of sp³-hybridized carbons (Fsp3) is 0.571. The highest BCUT2D eigenvalue weighted by Gasteiger charge is 2.31. The number of nitrogens with zero attached hydrogens (tertiary/aromatic N) is 1. The van der Waals surface area contributed by atoms with Crippen LogP contribution >= 0.6 is 11.6 Å². The Bertz CT molecular complexity index is 426. The molecule has 1 aliphatic heterocycles. The van der Waals surface area contributed by atoms with Gasteiger partial charge in [-0.3, -0.25) is 4.90 Å². The van der Waals surface area contributed by atoms with Crippen LogP contribution in [0, 0.1) is 0 Å². The maximum absolute atomic E-state index is 6.22. The third kappa shape index (κ3) is 3.20. The van der Waals surface area contributed by atoms with E-state index in [9.17, 15) is 0 Å². The lowest BCUT2D eigenvalue weighted by molar-refractivity contribution is -0.0606. The molecule has 0 amide bonds. The molecule has 0 spiro atoms. The van der Waals surface area contributed by atoms with Gasteiger partial charge < -0.3 is 14.8 Å². The number of likely N-dealkylation sites (N-methyl/N-ethyl adjacent to an activating group) is 2. The molecule has 1 saturated heterocycles. The summed E-state index contributed by atoms with van der Waals surface area (Å²) in [6, 6.07) is 6.16. The number of hydrogen-bond donors (Lipinski definition) is 1. The third-order valence-corrected chi connectivity index (χ3v) is 3.82. The van der Waals surface area contributed by atoms with E-state index in [0.29, 0.717) is 10.8 Å². The van der Waals surface area contributed by atoms with E-state index in [2.05, 4.69) is 23.3 Å². The van der Waals surface area contributed by atoms with Gasteiger partial charge >= 0.3 is 0 Å². The molecule has 0 bridgehead atoms. The van der Waals surface area contributed by atoms with Gasteiger partial charge in [0.2, 0.25) is 0 Å². The SMILES string of the molecule is CNCC1OCCN(C)C1c1ccc(OC)c(Cl)c1. The molecular weight excluding hydrogens is 264 g/mol. The zero-order chi connectivity index (χ0) is 13.8. The number of rotatable bonds is 4. The van der Waals surface area contributed by atoms with Crippen molar-refractivity contribution in [1.29, 1.82) is 0 Å². The minimum absolute atomic E-state index is 0.133. The first-order chi connectivity index (χ1) is 9.17. The maximum Gasteiger partial charge on any atom is 0.137 e. The van der Waals surface area contributed by atoms with E-state index >= 15 is 0 Å². The predicted octanol–water partition coefficient (Wildman–Crippen LogP) is 1.94. The highest BCUT2D eigenvalue weighted by molar-refractivity contribution is 6.32. The summed E-state index contributed by atoms with van der Waals surface area (Å²) in [7, 11) is 5.69. The molecule has 1 fully saturated rings. The quantitative estimate of drug-likeness (QED) is 0.916. The van der Waals surface area contributed by atoms with Gasteiger partial charge in [-0.2, -0.15) is 0 Å². The van der Waals surface area contributed by atoms with E-state index in [0.717, 1.165) is 25.3 Å². The van der Waals surface area contributed by atoms with Gasteiger partial charge in [-0.05, 0) is 31.8 Å². The van der Waals surface area contributed by atoms with Crippen molar-refractivity contribution in [3.63, 3.8) is 0 Å². The summed E-state index contributed by atoms with van der Waals surface area (Å²) in [4.78, 5) is 2.31. The van der Waals surface area contributed by atoms with Crippen LogP contribution in [-0.2, 0) is 4.74 Å². The molecule has 1 aromatic rings. The summed E-state index contributed by atoms with van der Waals surface area (Å²) in [5.41, 5.74) is 1.16. The van der Waals surface area contributed by atoms with Gasteiger partial charge in [0.15, 0.2) is 0 Å². The summed E-state index contributed by atoms with van der Waals surface area (Å²) in [5.74, 6) is 0.704. The average molecular weight is 285 g/mol. The van der Waals surface area contributed by atoms with Crippen LogP contribution < -0.4 is 10.1 Å². The van der Waals surface area contributed by atoms with Crippen LogP contribution in [0.1, 0.15) is 11.6 Å². The maximum atomic E-state index is 6.22. The fourth-order valence-corrected chi connectivity index (χ4v) is 2.84. The highest BCUT2D eigenvalue weighted by atomic mass is 35.5. The topological polar surface area (TPSA) is 33.7 Å². The Hall–Kier alpha value is -0.810. The summed E-state index contributed by atoms with van der Waals surface area (Å²) < 4.78 is 11.1. The molecule has 1 aliphatic rings. The molecule has 2 atom stereocenters. The van der Waals surface area contributed by atoms with Gasteiger partial charge in [-0.25, -0.2) is 0 Å². The second kappa shape index (κ2) is 6.57. The standard InChI is InChI=1S/C14H21ClN2O2/c1-16-9-13-14(17(2)6-7-19-13)10-4-5-12(18-3)11(15)8-10/h4-5,8,13-14,16H,6-7,9H2,1-3H3. The minimum Gasteiger partial charge on any atom is -0.495 e. The Morgan fingerprint density at radius 1 is 1.53 bits per heavy atom. The fourth-order valence-electron chi connectivity index (χ4n) is 2.57. The van der Waals surface area contributed by atoms with Crippen molar-refractivity contribution in [3.8, 4) is 5.75 Å². The average Bonchev–Trinajstić information content (AvgIpc) is 2.39. The van der Waals surface area contributed by atoms with E-state index in [1.807, 2.05) is 19.2 Å². The Kier molecular flexibility index (Phi) is 5.05. The molecule has 106 valence electrons. The zero-order valence-corrected chi connectivity index (χ0v) is 12.4. The molecule has 4 nitrogen and oxygen atoms in total. The molecule has 1 heterocycles. The smallest absolute Gasteiger partial charge is 0.137 e. The Balaban J connectivity index is 2.27. The second-order valence-electron chi connectivity index (χ2n) is 4.79. The molecule has 2 unspecified atom stereocenters. The van der Waals surface area contributed by atoms with Crippen molar-refractivity contribution in [3.05, 3.63) is 28.8 Å². The van der Waals surface area contributed by atoms with Gasteiger partial charge in [-0.15, -0.1) is 0 Å². The van der Waals surface area contributed by atoms with E-state index < -0.39 is 0 Å². The first kappa shape index (κ1) is 14.6. The number of hydrogen-bond acceptors (Lipinski definition) is 4. The van der Waals surface area contributed by atoms with Gasteiger partial charge in [0.25, 0.3) is 0 Å². The molecule has 0 saturated carbocycles. The third-order valence-electron chi connectivity index (χ3n) is 3.53. The van der Waals surface area contributed by atoms with Crippen molar-refractivity contribution in [2.75, 3.05) is 40.9 Å². The molecule has 5 heteroatoms. The molecule has 1 aromatic carbocycles. The Labute approximate surface area is 119 Å². The lowest BCUT2D eigenvalue weighted by Gasteiger charge is -2.39. The van der Waals surface area contributed by atoms with Crippen molar-refractivity contribution in [1.82, 2.24) is 10.2 Å². The van der Waals surface area contributed by atoms with Crippen molar-refractivity contribution in [2.45, 2.75) is 12.1 Å². The molecule has 0 aromatic heterocycles. The van der Waals surface area contributed by atoms with Crippen LogP contribution in [0.5, 0.6) is 5.75 Å². The van der Waals surface area contributed by atoms with Crippen molar-refractivity contribution >= 4 is 11.6 Å². The molecular formula is C14H21ClN2O2. The first-order valence-electron chi connectivity index (χ1n) is 6.47. The van der Waals surface area contributed by atoms with Crippen LogP contribution in [0.3, 0.4) is 0 Å². The largest absolute Gasteiger partial charge is 0.495 e. The van der Waals surface area contributed by atoms with E-state index in [1.54, 1.807) is 7.11 Å². The predicted molar refractivity (Wildman–Crippen MR) is 77.0 cm³/mol. The van der Waals surface area contributed by atoms with Crippen LogP contribution in [0.15, 0.2) is 18.2 Å². The number of methoxy groups -OCH3 is 1. The molecule has 0 radical (unpaired) electrons. The number of morpholine rings is 1. The summed E-state index contributed by atoms with van der Waals surface area (Å²) in [6.45, 7) is 2.51. The number of halogens is 1. The lowest BCUT2D eigenvalue weighted by atomic mass is 9.98. The number of benzene rings is 1. The van der Waals surface area contributed by atoms with Gasteiger partial charge in [0.05, 0.1) is 30.9 Å². The second-order valence-corrected chi connectivity index (χ2v) is 5.19. The Morgan fingerprint density at radius 2 is 2.32 bits per heavy atom. The van der Waals surface area contributed by atoms with Gasteiger partial charge in [0, 0.05) is 13.1 Å². The minimum atomic E-state index is 0.133. The lowest BCUT2D eigenvalue weighted by Crippen LogP contribution is -2.46. The molecule has 1 N–H and O–H groups in total. The van der Waals surface area contributed by atoms with Crippen LogP contribution in [0.4, 0.5) is 0 Å². The number of ether oxygens (including phenoxy) is 2.